The lowest BCUT2D eigenvalue weighted by Gasteiger charge is -2.10. The van der Waals surface area contributed by atoms with E-state index in [1.165, 1.54) is 0 Å². The monoisotopic (exact) mass is 293 g/mol. The minimum absolute atomic E-state index is 0.118. The summed E-state index contributed by atoms with van der Waals surface area (Å²) in [4.78, 5) is 22.7. The Morgan fingerprint density at radius 1 is 1.38 bits per heavy atom. The van der Waals surface area contributed by atoms with Crippen LogP contribution in [0, 0.1) is 5.92 Å². The van der Waals surface area contributed by atoms with Crippen molar-refractivity contribution in [1.29, 1.82) is 0 Å². The molecule has 0 radical (unpaired) electrons. The molecule has 6 heteroatoms. The number of amides is 1. The van der Waals surface area contributed by atoms with Gasteiger partial charge >= 0.3 is 0 Å². The van der Waals surface area contributed by atoms with E-state index < -0.39 is 0 Å². The molecule has 0 aliphatic carbocycles. The van der Waals surface area contributed by atoms with Crippen LogP contribution in [0.2, 0.25) is 0 Å². The number of ether oxygens (including phenoxy) is 3. The van der Waals surface area contributed by atoms with Gasteiger partial charge in [0.2, 0.25) is 6.79 Å². The molecule has 6 nitrogen and oxygen atoms in total. The Morgan fingerprint density at radius 3 is 2.76 bits per heavy atom. The summed E-state index contributed by atoms with van der Waals surface area (Å²) in [5, 5.41) is 2.77. The maximum Gasteiger partial charge on any atom is 0.257 e. The van der Waals surface area contributed by atoms with E-state index in [2.05, 4.69) is 19.2 Å². The maximum absolute atomic E-state index is 11.7. The van der Waals surface area contributed by atoms with Gasteiger partial charge in [-0.15, -0.1) is 0 Å². The Bertz CT molecular complexity index is 527. The normalized spacial score (nSPS) is 12.3. The van der Waals surface area contributed by atoms with Crippen LogP contribution in [0.1, 0.15) is 30.6 Å². The minimum atomic E-state index is -0.217. The number of hydrogen-bond donors (Lipinski definition) is 1. The summed E-state index contributed by atoms with van der Waals surface area (Å²) in [5.41, 5.74) is 0.328. The summed E-state index contributed by atoms with van der Waals surface area (Å²) in [7, 11) is 0. The van der Waals surface area contributed by atoms with Gasteiger partial charge in [0.05, 0.1) is 5.56 Å². The van der Waals surface area contributed by atoms with Gasteiger partial charge in [0, 0.05) is 12.6 Å². The SMILES string of the molecule is CC(C)CCNC(=O)COc1cc2c(cc1C=O)OCO2. The van der Waals surface area contributed by atoms with Crippen LogP contribution in [-0.2, 0) is 4.79 Å². The molecule has 0 unspecified atom stereocenters. The molecule has 1 aliphatic rings. The van der Waals surface area contributed by atoms with Gasteiger partial charge in [-0.25, -0.2) is 0 Å². The van der Waals surface area contributed by atoms with Crippen molar-refractivity contribution < 1.29 is 23.8 Å². The third kappa shape index (κ3) is 4.11. The van der Waals surface area contributed by atoms with E-state index >= 15 is 0 Å². The first-order valence-electron chi connectivity index (χ1n) is 6.88. The molecule has 1 amide bonds. The van der Waals surface area contributed by atoms with E-state index in [4.69, 9.17) is 14.2 Å². The third-order valence-corrected chi connectivity index (χ3v) is 3.03. The fourth-order valence-electron chi connectivity index (χ4n) is 1.85. The number of carbonyl (C=O) groups excluding carboxylic acids is 2. The summed E-state index contributed by atoms with van der Waals surface area (Å²) in [6.45, 7) is 4.77. The van der Waals surface area contributed by atoms with Crippen LogP contribution in [0.15, 0.2) is 12.1 Å². The van der Waals surface area contributed by atoms with Crippen molar-refractivity contribution in [1.82, 2.24) is 5.32 Å². The molecule has 1 aromatic rings. The largest absolute Gasteiger partial charge is 0.483 e. The summed E-state index contributed by atoms with van der Waals surface area (Å²) in [6.07, 6.45) is 1.57. The quantitative estimate of drug-likeness (QED) is 0.776. The first-order chi connectivity index (χ1) is 10.1. The van der Waals surface area contributed by atoms with Gasteiger partial charge in [-0.1, -0.05) is 13.8 Å². The molecule has 0 spiro atoms. The molecule has 1 aliphatic heterocycles. The van der Waals surface area contributed by atoms with Crippen molar-refractivity contribution in [2.24, 2.45) is 5.92 Å². The molecule has 0 aromatic heterocycles. The topological polar surface area (TPSA) is 73.9 Å². The van der Waals surface area contributed by atoms with Crippen molar-refractivity contribution in [2.75, 3.05) is 19.9 Å². The number of rotatable bonds is 7. The Morgan fingerprint density at radius 2 is 2.10 bits per heavy atom. The summed E-state index contributed by atoms with van der Waals surface area (Å²) in [5.74, 6) is 1.64. The van der Waals surface area contributed by atoms with Crippen LogP contribution < -0.4 is 19.5 Å². The van der Waals surface area contributed by atoms with E-state index in [0.29, 0.717) is 41.6 Å². The zero-order valence-corrected chi connectivity index (χ0v) is 12.2. The van der Waals surface area contributed by atoms with Crippen molar-refractivity contribution in [3.8, 4) is 17.2 Å². The van der Waals surface area contributed by atoms with Crippen molar-refractivity contribution >= 4 is 12.2 Å². The summed E-state index contributed by atoms with van der Waals surface area (Å²) >= 11 is 0. The zero-order chi connectivity index (χ0) is 15.2. The van der Waals surface area contributed by atoms with Crippen molar-refractivity contribution in [2.45, 2.75) is 20.3 Å². The van der Waals surface area contributed by atoms with Gasteiger partial charge in [-0.2, -0.15) is 0 Å². The molecule has 1 aromatic carbocycles. The van der Waals surface area contributed by atoms with Gasteiger partial charge in [0.1, 0.15) is 5.75 Å². The number of aldehydes is 1. The maximum atomic E-state index is 11.7. The molecular weight excluding hydrogens is 274 g/mol. The number of carbonyl (C=O) groups is 2. The molecule has 0 atom stereocenters. The summed E-state index contributed by atoms with van der Waals surface area (Å²) in [6, 6.07) is 3.11. The third-order valence-electron chi connectivity index (χ3n) is 3.03. The van der Waals surface area contributed by atoms with Crippen LogP contribution in [-0.4, -0.2) is 32.1 Å². The van der Waals surface area contributed by atoms with Crippen LogP contribution >= 0.6 is 0 Å². The molecule has 0 bridgehead atoms. The Labute approximate surface area is 123 Å². The molecule has 0 saturated heterocycles. The highest BCUT2D eigenvalue weighted by Crippen LogP contribution is 2.37. The van der Waals surface area contributed by atoms with Gasteiger partial charge in [0.25, 0.3) is 5.91 Å². The van der Waals surface area contributed by atoms with E-state index in [1.54, 1.807) is 12.1 Å². The van der Waals surface area contributed by atoms with Gasteiger partial charge in [-0.3, -0.25) is 9.59 Å². The van der Waals surface area contributed by atoms with Crippen molar-refractivity contribution in [3.63, 3.8) is 0 Å². The second kappa shape index (κ2) is 6.97. The van der Waals surface area contributed by atoms with E-state index in [1.807, 2.05) is 0 Å². The van der Waals surface area contributed by atoms with Crippen LogP contribution in [0.25, 0.3) is 0 Å². The highest BCUT2D eigenvalue weighted by molar-refractivity contribution is 5.82. The second-order valence-electron chi connectivity index (χ2n) is 5.18. The van der Waals surface area contributed by atoms with Crippen LogP contribution in [0.4, 0.5) is 0 Å². The first kappa shape index (κ1) is 15.2. The predicted molar refractivity (Wildman–Crippen MR) is 75.9 cm³/mol. The molecule has 1 heterocycles. The number of fused-ring (bicyclic) bond motifs is 1. The molecule has 0 fully saturated rings. The van der Waals surface area contributed by atoms with Crippen LogP contribution in [0.3, 0.4) is 0 Å². The highest BCUT2D eigenvalue weighted by Gasteiger charge is 2.18. The average Bonchev–Trinajstić information content (AvgIpc) is 2.90. The Hall–Kier alpha value is -2.24. The van der Waals surface area contributed by atoms with E-state index in [-0.39, 0.29) is 19.3 Å². The zero-order valence-electron chi connectivity index (χ0n) is 12.2. The van der Waals surface area contributed by atoms with Gasteiger partial charge < -0.3 is 19.5 Å². The molecule has 2 rings (SSSR count). The van der Waals surface area contributed by atoms with Crippen LogP contribution in [0.5, 0.6) is 17.2 Å². The Kier molecular flexibility index (Phi) is 5.03. The van der Waals surface area contributed by atoms with Gasteiger partial charge in [0.15, 0.2) is 24.4 Å². The fourth-order valence-corrected chi connectivity index (χ4v) is 1.85. The van der Waals surface area contributed by atoms with E-state index in [9.17, 15) is 9.59 Å². The van der Waals surface area contributed by atoms with Gasteiger partial charge in [-0.05, 0) is 18.4 Å². The second-order valence-corrected chi connectivity index (χ2v) is 5.18. The first-order valence-corrected chi connectivity index (χ1v) is 6.88. The van der Waals surface area contributed by atoms with Crippen molar-refractivity contribution in [3.05, 3.63) is 17.7 Å². The standard InChI is InChI=1S/C15H19NO5/c1-10(2)3-4-16-15(18)8-19-12-6-14-13(20-9-21-14)5-11(12)7-17/h5-7,10H,3-4,8-9H2,1-2H3,(H,16,18). The lowest BCUT2D eigenvalue weighted by Crippen LogP contribution is -2.30. The molecule has 1 N–H and O–H groups in total. The lowest BCUT2D eigenvalue weighted by molar-refractivity contribution is -0.123. The molecule has 114 valence electrons. The predicted octanol–water partition coefficient (Wildman–Crippen LogP) is 1.77. The average molecular weight is 293 g/mol. The lowest BCUT2D eigenvalue weighted by atomic mass is 10.1. The summed E-state index contributed by atoms with van der Waals surface area (Å²) < 4.78 is 15.8. The number of benzene rings is 1. The Balaban J connectivity index is 1.90. The highest BCUT2D eigenvalue weighted by atomic mass is 16.7. The minimum Gasteiger partial charge on any atom is -0.483 e. The smallest absolute Gasteiger partial charge is 0.257 e. The number of nitrogens with one attached hydrogen (secondary N) is 1. The van der Waals surface area contributed by atoms with E-state index in [0.717, 1.165) is 6.42 Å². The number of hydrogen-bond acceptors (Lipinski definition) is 5. The molecule has 21 heavy (non-hydrogen) atoms. The fraction of sp³-hybridized carbons (Fsp3) is 0.467. The molecular formula is C15H19NO5. The molecule has 0 saturated carbocycles.